The van der Waals surface area contributed by atoms with Gasteiger partial charge in [0.2, 0.25) is 5.95 Å². The minimum atomic E-state index is 0.0902. The molecule has 4 atom stereocenters. The van der Waals surface area contributed by atoms with Gasteiger partial charge in [0.1, 0.15) is 21.7 Å². The molecule has 0 amide bonds. The molecule has 2 heterocycles. The van der Waals surface area contributed by atoms with Crippen molar-refractivity contribution in [3.63, 3.8) is 0 Å². The number of anilines is 2. The van der Waals surface area contributed by atoms with Crippen molar-refractivity contribution in [3.05, 3.63) is 23.4 Å². The van der Waals surface area contributed by atoms with E-state index in [0.29, 0.717) is 28.2 Å². The maximum absolute atomic E-state index is 9.73. The summed E-state index contributed by atoms with van der Waals surface area (Å²) < 4.78 is 0.844. The van der Waals surface area contributed by atoms with Crippen molar-refractivity contribution in [3.8, 4) is 16.3 Å². The number of nitrogens with one attached hydrogen (secondary N) is 1. The van der Waals surface area contributed by atoms with Crippen molar-refractivity contribution in [1.29, 1.82) is 0 Å². The van der Waals surface area contributed by atoms with Gasteiger partial charge in [-0.15, -0.1) is 11.3 Å². The molecule has 0 radical (unpaired) electrons. The monoisotopic (exact) mass is 419 g/mol. The first-order valence-electron chi connectivity index (χ1n) is 9.17. The van der Waals surface area contributed by atoms with Gasteiger partial charge in [-0.25, -0.2) is 9.97 Å². The van der Waals surface area contributed by atoms with E-state index in [0.717, 1.165) is 16.6 Å². The number of hydrogen-bond acceptors (Lipinski definition) is 8. The van der Waals surface area contributed by atoms with Crippen LogP contribution in [0, 0.1) is 17.8 Å². The molecule has 1 aliphatic rings. The molecular weight excluding hydrogens is 398 g/mol. The summed E-state index contributed by atoms with van der Waals surface area (Å²) in [6.07, 6.45) is 0.841. The number of nitrogens with two attached hydrogens (primary N) is 1. The van der Waals surface area contributed by atoms with Gasteiger partial charge in [0, 0.05) is 12.6 Å². The summed E-state index contributed by atoms with van der Waals surface area (Å²) >= 11 is 7.85. The molecule has 0 unspecified atom stereocenters. The van der Waals surface area contributed by atoms with Gasteiger partial charge in [-0.1, -0.05) is 25.4 Å². The van der Waals surface area contributed by atoms with Gasteiger partial charge in [-0.2, -0.15) is 4.98 Å². The number of halogens is 1. The van der Waals surface area contributed by atoms with E-state index in [-0.39, 0.29) is 35.4 Å². The number of aliphatic hydroxyl groups is 1. The Morgan fingerprint density at radius 3 is 2.75 bits per heavy atom. The first-order chi connectivity index (χ1) is 13.4. The Hall–Kier alpha value is -2.16. The van der Waals surface area contributed by atoms with Gasteiger partial charge in [0.15, 0.2) is 0 Å². The first kappa shape index (κ1) is 19.2. The fraction of sp³-hybridized carbons (Fsp3) is 0.421. The van der Waals surface area contributed by atoms with E-state index < -0.39 is 0 Å². The number of hydrogen-bond donors (Lipinski definition) is 4. The molecule has 5 N–H and O–H groups in total. The van der Waals surface area contributed by atoms with Crippen LogP contribution in [0.2, 0.25) is 5.15 Å². The summed E-state index contributed by atoms with van der Waals surface area (Å²) in [4.78, 5) is 13.1. The Labute approximate surface area is 171 Å². The Bertz CT molecular complexity index is 1030. The molecule has 148 valence electrons. The maximum atomic E-state index is 9.73. The van der Waals surface area contributed by atoms with Crippen LogP contribution in [0.15, 0.2) is 18.2 Å². The lowest BCUT2D eigenvalue weighted by molar-refractivity contribution is 0.191. The summed E-state index contributed by atoms with van der Waals surface area (Å²) in [5.41, 5.74) is 7.22. The van der Waals surface area contributed by atoms with Crippen LogP contribution in [-0.4, -0.2) is 37.8 Å². The summed E-state index contributed by atoms with van der Waals surface area (Å²) in [6.45, 7) is 4.50. The number of fused-ring (bicyclic) bond motifs is 1. The number of aromatic nitrogens is 3. The average Bonchev–Trinajstić information content (AvgIpc) is 3.16. The van der Waals surface area contributed by atoms with Crippen molar-refractivity contribution < 1.29 is 10.2 Å². The summed E-state index contributed by atoms with van der Waals surface area (Å²) in [6, 6.07) is 5.16. The summed E-state index contributed by atoms with van der Waals surface area (Å²) in [5.74, 6) is 1.81. The molecule has 1 fully saturated rings. The maximum Gasteiger partial charge on any atom is 0.223 e. The number of nitrogens with zero attached hydrogens (tertiary/aromatic N) is 3. The van der Waals surface area contributed by atoms with Crippen LogP contribution in [0.1, 0.15) is 20.3 Å². The van der Waals surface area contributed by atoms with Crippen molar-refractivity contribution in [2.24, 2.45) is 17.8 Å². The van der Waals surface area contributed by atoms with Crippen molar-refractivity contribution in [2.45, 2.75) is 26.3 Å². The van der Waals surface area contributed by atoms with Crippen LogP contribution in [0.3, 0.4) is 0 Å². The van der Waals surface area contributed by atoms with E-state index in [4.69, 9.17) is 17.3 Å². The fourth-order valence-electron chi connectivity index (χ4n) is 3.92. The number of phenolic OH excluding ortho intramolecular Hbond substituents is 1. The third kappa shape index (κ3) is 3.36. The second kappa shape index (κ2) is 7.35. The molecule has 9 heteroatoms. The van der Waals surface area contributed by atoms with Crippen LogP contribution < -0.4 is 11.1 Å². The fourth-order valence-corrected chi connectivity index (χ4v) is 5.29. The zero-order valence-electron chi connectivity index (χ0n) is 15.6. The quantitative estimate of drug-likeness (QED) is 0.475. The second-order valence-corrected chi connectivity index (χ2v) is 8.80. The first-order valence-corrected chi connectivity index (χ1v) is 10.4. The molecule has 7 nitrogen and oxygen atoms in total. The topological polar surface area (TPSA) is 117 Å². The van der Waals surface area contributed by atoms with Crippen LogP contribution in [-0.2, 0) is 0 Å². The number of thiazole rings is 1. The van der Waals surface area contributed by atoms with Crippen LogP contribution in [0.25, 0.3) is 20.8 Å². The van der Waals surface area contributed by atoms with E-state index in [1.807, 2.05) is 0 Å². The van der Waals surface area contributed by atoms with Crippen LogP contribution >= 0.6 is 22.9 Å². The van der Waals surface area contributed by atoms with Crippen molar-refractivity contribution in [1.82, 2.24) is 15.0 Å². The predicted octanol–water partition coefficient (Wildman–Crippen LogP) is 3.76. The van der Waals surface area contributed by atoms with Gasteiger partial charge in [0.05, 0.1) is 15.8 Å². The Kier molecular flexibility index (Phi) is 5.03. The Morgan fingerprint density at radius 1 is 1.25 bits per heavy atom. The lowest BCUT2D eigenvalue weighted by Crippen LogP contribution is -2.25. The molecule has 2 aromatic heterocycles. The molecular formula is C19H22ClN5O2S. The number of nitrogen functional groups attached to an aromatic ring is 1. The SMILES string of the molecule is C[C@@H]1[C@@H](CO)C[C@@H](Nc2nc(N)nc(Cl)c2-c2nc3ccc(O)cc3s2)[C@@H]1C. The van der Waals surface area contributed by atoms with E-state index >= 15 is 0 Å². The lowest BCUT2D eigenvalue weighted by atomic mass is 9.92. The molecule has 4 rings (SSSR count). The van der Waals surface area contributed by atoms with Crippen LogP contribution in [0.4, 0.5) is 11.8 Å². The third-order valence-electron chi connectivity index (χ3n) is 5.79. The molecule has 1 saturated carbocycles. The smallest absolute Gasteiger partial charge is 0.223 e. The molecule has 0 bridgehead atoms. The number of aliphatic hydroxyl groups excluding tert-OH is 1. The second-order valence-electron chi connectivity index (χ2n) is 7.41. The van der Waals surface area contributed by atoms with Crippen molar-refractivity contribution >= 4 is 44.9 Å². The highest BCUT2D eigenvalue weighted by atomic mass is 35.5. The standard InChI is InChI=1S/C19H22ClN5O2S/c1-8-9(2)13(5-10(8)7-26)22-17-15(16(20)24-19(21)25-17)18-23-12-4-3-11(27)6-14(12)28-18/h3-4,6,8-10,13,26-27H,5,7H2,1-2H3,(H3,21,22,24,25)/t8-,9+,10+,13+/m0/s1. The van der Waals surface area contributed by atoms with Gasteiger partial charge in [-0.05, 0) is 42.4 Å². The van der Waals surface area contributed by atoms with E-state index in [1.165, 1.54) is 11.3 Å². The molecule has 0 aliphatic heterocycles. The van der Waals surface area contributed by atoms with Gasteiger partial charge in [-0.3, -0.25) is 0 Å². The number of benzene rings is 1. The molecule has 1 aliphatic carbocycles. The van der Waals surface area contributed by atoms with E-state index in [2.05, 4.69) is 34.1 Å². The van der Waals surface area contributed by atoms with Gasteiger partial charge < -0.3 is 21.3 Å². The number of rotatable bonds is 4. The number of aromatic hydroxyl groups is 1. The Balaban J connectivity index is 1.75. The van der Waals surface area contributed by atoms with Gasteiger partial charge >= 0.3 is 0 Å². The third-order valence-corrected chi connectivity index (χ3v) is 7.10. The zero-order chi connectivity index (χ0) is 20.0. The molecule has 3 aromatic rings. The zero-order valence-corrected chi connectivity index (χ0v) is 17.1. The number of phenols is 1. The molecule has 0 saturated heterocycles. The summed E-state index contributed by atoms with van der Waals surface area (Å²) in [7, 11) is 0. The van der Waals surface area contributed by atoms with Gasteiger partial charge in [0.25, 0.3) is 0 Å². The van der Waals surface area contributed by atoms with E-state index in [9.17, 15) is 10.2 Å². The minimum Gasteiger partial charge on any atom is -0.508 e. The normalized spacial score (nSPS) is 24.7. The molecule has 1 aromatic carbocycles. The largest absolute Gasteiger partial charge is 0.508 e. The highest BCUT2D eigenvalue weighted by molar-refractivity contribution is 7.21. The summed E-state index contributed by atoms with van der Waals surface area (Å²) in [5, 5.41) is 23.7. The average molecular weight is 420 g/mol. The van der Waals surface area contributed by atoms with Crippen molar-refractivity contribution in [2.75, 3.05) is 17.7 Å². The molecule has 0 spiro atoms. The highest BCUT2D eigenvalue weighted by Gasteiger charge is 2.38. The van der Waals surface area contributed by atoms with Crippen LogP contribution in [0.5, 0.6) is 5.75 Å². The van der Waals surface area contributed by atoms with E-state index in [1.54, 1.807) is 18.2 Å². The Morgan fingerprint density at radius 2 is 2.04 bits per heavy atom. The minimum absolute atomic E-state index is 0.0902. The predicted molar refractivity (Wildman–Crippen MR) is 113 cm³/mol. The molecule has 28 heavy (non-hydrogen) atoms. The lowest BCUT2D eigenvalue weighted by Gasteiger charge is -2.21. The highest BCUT2D eigenvalue weighted by Crippen LogP contribution is 2.42.